The summed E-state index contributed by atoms with van der Waals surface area (Å²) >= 11 is 3.49. The van der Waals surface area contributed by atoms with E-state index in [4.69, 9.17) is 5.11 Å². The first-order chi connectivity index (χ1) is 10.0. The summed E-state index contributed by atoms with van der Waals surface area (Å²) in [6.45, 7) is 2.28. The van der Waals surface area contributed by atoms with E-state index in [1.807, 2.05) is 0 Å². The summed E-state index contributed by atoms with van der Waals surface area (Å²) in [5.41, 5.74) is 1.35. The molecule has 3 atom stereocenters. The normalized spacial score (nSPS) is 30.3. The second kappa shape index (κ2) is 6.09. The Balaban J connectivity index is 1.72. The van der Waals surface area contributed by atoms with Crippen LogP contribution in [0.1, 0.15) is 50.6 Å². The topological polar surface area (TPSA) is 40.5 Å². The second-order valence-electron chi connectivity index (χ2n) is 6.50. The molecule has 1 aromatic carbocycles. The lowest BCUT2D eigenvalue weighted by molar-refractivity contribution is -0.138. The van der Waals surface area contributed by atoms with Crippen molar-refractivity contribution in [3.8, 4) is 0 Å². The van der Waals surface area contributed by atoms with Crippen molar-refractivity contribution in [2.24, 2.45) is 5.92 Å². The quantitative estimate of drug-likeness (QED) is 0.882. The van der Waals surface area contributed by atoms with E-state index in [0.29, 0.717) is 30.5 Å². The third-order valence-electron chi connectivity index (χ3n) is 5.15. The Morgan fingerprint density at radius 2 is 1.86 bits per heavy atom. The third kappa shape index (κ3) is 3.16. The zero-order valence-corrected chi connectivity index (χ0v) is 13.9. The molecule has 4 heteroatoms. The summed E-state index contributed by atoms with van der Waals surface area (Å²) < 4.78 is 1.11. The van der Waals surface area contributed by atoms with Crippen LogP contribution in [-0.2, 0) is 4.79 Å². The van der Waals surface area contributed by atoms with Crippen LogP contribution in [0.15, 0.2) is 28.7 Å². The molecule has 2 saturated heterocycles. The van der Waals surface area contributed by atoms with Gasteiger partial charge in [-0.05, 0) is 56.2 Å². The second-order valence-corrected chi connectivity index (χ2v) is 7.41. The molecule has 0 aromatic heterocycles. The standard InChI is InChI=1S/C17H22BrNO2/c1-11(13-2-4-14(18)5-3-13)19-15-6-7-16(19)9-12(8-15)10-17(20)21/h2-5,11-12,15-16H,6-10H2,1H3,(H,20,21). The number of aliphatic carboxylic acids is 1. The van der Waals surface area contributed by atoms with Gasteiger partial charge in [-0.15, -0.1) is 0 Å². The molecule has 2 heterocycles. The first-order valence-corrected chi connectivity index (χ1v) is 8.58. The number of piperidine rings is 1. The number of nitrogens with zero attached hydrogens (tertiary/aromatic N) is 1. The lowest BCUT2D eigenvalue weighted by Gasteiger charge is -2.42. The molecular weight excluding hydrogens is 330 g/mol. The van der Waals surface area contributed by atoms with Gasteiger partial charge in [-0.1, -0.05) is 28.1 Å². The molecule has 2 bridgehead atoms. The molecule has 21 heavy (non-hydrogen) atoms. The van der Waals surface area contributed by atoms with Crippen LogP contribution in [0.4, 0.5) is 0 Å². The molecule has 0 aliphatic carbocycles. The Kier molecular flexibility index (Phi) is 4.36. The summed E-state index contributed by atoms with van der Waals surface area (Å²) in [7, 11) is 0. The van der Waals surface area contributed by atoms with Gasteiger partial charge in [-0.2, -0.15) is 0 Å². The molecule has 3 nitrogen and oxygen atoms in total. The van der Waals surface area contributed by atoms with E-state index in [0.717, 1.165) is 17.3 Å². The van der Waals surface area contributed by atoms with Crippen LogP contribution >= 0.6 is 15.9 Å². The fourth-order valence-corrected chi connectivity index (χ4v) is 4.55. The number of hydrogen-bond donors (Lipinski definition) is 1. The largest absolute Gasteiger partial charge is 0.481 e. The monoisotopic (exact) mass is 351 g/mol. The number of hydrogen-bond acceptors (Lipinski definition) is 2. The fourth-order valence-electron chi connectivity index (χ4n) is 4.29. The number of carboxylic acids is 1. The maximum atomic E-state index is 11.0. The Morgan fingerprint density at radius 1 is 1.29 bits per heavy atom. The Bertz CT molecular complexity index is 502. The van der Waals surface area contributed by atoms with E-state index < -0.39 is 5.97 Å². The fraction of sp³-hybridized carbons (Fsp3) is 0.588. The van der Waals surface area contributed by atoms with Gasteiger partial charge in [0.2, 0.25) is 0 Å². The average molecular weight is 352 g/mol. The zero-order chi connectivity index (χ0) is 15.0. The summed E-state index contributed by atoms with van der Waals surface area (Å²) in [4.78, 5) is 13.6. The van der Waals surface area contributed by atoms with Crippen molar-refractivity contribution in [1.29, 1.82) is 0 Å². The zero-order valence-electron chi connectivity index (χ0n) is 12.3. The number of fused-ring (bicyclic) bond motifs is 2. The highest BCUT2D eigenvalue weighted by atomic mass is 79.9. The van der Waals surface area contributed by atoms with Crippen LogP contribution in [0.25, 0.3) is 0 Å². The Hall–Kier alpha value is -0.870. The van der Waals surface area contributed by atoms with Crippen LogP contribution in [0.3, 0.4) is 0 Å². The maximum absolute atomic E-state index is 11.0. The molecule has 0 saturated carbocycles. The van der Waals surface area contributed by atoms with Gasteiger partial charge in [-0.25, -0.2) is 0 Å². The van der Waals surface area contributed by atoms with E-state index in [9.17, 15) is 4.79 Å². The summed E-state index contributed by atoms with van der Waals surface area (Å²) in [5.74, 6) is -0.276. The van der Waals surface area contributed by atoms with Gasteiger partial charge in [0.05, 0.1) is 0 Å². The van der Waals surface area contributed by atoms with Crippen LogP contribution < -0.4 is 0 Å². The van der Waals surface area contributed by atoms with E-state index in [1.165, 1.54) is 18.4 Å². The minimum atomic E-state index is -0.645. The van der Waals surface area contributed by atoms with Gasteiger partial charge in [0, 0.05) is 29.0 Å². The van der Waals surface area contributed by atoms with Crippen LogP contribution in [-0.4, -0.2) is 28.1 Å². The highest BCUT2D eigenvalue weighted by molar-refractivity contribution is 9.10. The van der Waals surface area contributed by atoms with Crippen LogP contribution in [0.2, 0.25) is 0 Å². The van der Waals surface area contributed by atoms with E-state index in [2.05, 4.69) is 52.0 Å². The molecular formula is C17H22BrNO2. The lowest BCUT2D eigenvalue weighted by atomic mass is 9.86. The molecule has 0 amide bonds. The molecule has 2 fully saturated rings. The van der Waals surface area contributed by atoms with Crippen molar-refractivity contribution in [3.05, 3.63) is 34.3 Å². The molecule has 0 spiro atoms. The first-order valence-electron chi connectivity index (χ1n) is 7.79. The molecule has 1 N–H and O–H groups in total. The van der Waals surface area contributed by atoms with E-state index >= 15 is 0 Å². The van der Waals surface area contributed by atoms with Gasteiger partial charge >= 0.3 is 5.97 Å². The Labute approximate surface area is 134 Å². The molecule has 3 unspecified atom stereocenters. The lowest BCUT2D eigenvalue weighted by Crippen LogP contribution is -2.44. The SMILES string of the molecule is CC(c1ccc(Br)cc1)N1C2CCC1CC(CC(=O)O)C2. The Morgan fingerprint density at radius 3 is 2.38 bits per heavy atom. The van der Waals surface area contributed by atoms with Crippen molar-refractivity contribution in [3.63, 3.8) is 0 Å². The number of halogens is 1. The predicted octanol–water partition coefficient (Wildman–Crippen LogP) is 4.23. The van der Waals surface area contributed by atoms with E-state index in [1.54, 1.807) is 0 Å². The number of carbonyl (C=O) groups is 1. The molecule has 114 valence electrons. The number of rotatable bonds is 4. The van der Waals surface area contributed by atoms with E-state index in [-0.39, 0.29) is 0 Å². The van der Waals surface area contributed by atoms with Gasteiger partial charge in [0.25, 0.3) is 0 Å². The van der Waals surface area contributed by atoms with Crippen molar-refractivity contribution < 1.29 is 9.90 Å². The molecule has 3 rings (SSSR count). The number of benzene rings is 1. The third-order valence-corrected chi connectivity index (χ3v) is 5.68. The molecule has 2 aliphatic heterocycles. The first kappa shape index (κ1) is 15.0. The van der Waals surface area contributed by atoms with Gasteiger partial charge in [0.1, 0.15) is 0 Å². The van der Waals surface area contributed by atoms with Gasteiger partial charge < -0.3 is 5.11 Å². The predicted molar refractivity (Wildman–Crippen MR) is 86.2 cm³/mol. The minimum Gasteiger partial charge on any atom is -0.481 e. The van der Waals surface area contributed by atoms with Crippen molar-refractivity contribution >= 4 is 21.9 Å². The van der Waals surface area contributed by atoms with Crippen molar-refractivity contribution in [2.75, 3.05) is 0 Å². The maximum Gasteiger partial charge on any atom is 0.303 e. The summed E-state index contributed by atoms with van der Waals surface area (Å²) in [6, 6.07) is 10.1. The molecule has 1 aromatic rings. The smallest absolute Gasteiger partial charge is 0.303 e. The van der Waals surface area contributed by atoms with Gasteiger partial charge in [-0.3, -0.25) is 9.69 Å². The summed E-state index contributed by atoms with van der Waals surface area (Å²) in [5, 5.41) is 9.02. The number of carboxylic acid groups (broad SMARTS) is 1. The highest BCUT2D eigenvalue weighted by Crippen LogP contribution is 2.44. The molecule has 2 aliphatic rings. The van der Waals surface area contributed by atoms with Gasteiger partial charge in [0.15, 0.2) is 0 Å². The highest BCUT2D eigenvalue weighted by Gasteiger charge is 2.43. The minimum absolute atomic E-state index is 0.341. The molecule has 0 radical (unpaired) electrons. The van der Waals surface area contributed by atoms with Crippen molar-refractivity contribution in [1.82, 2.24) is 4.90 Å². The average Bonchev–Trinajstić information content (AvgIpc) is 2.70. The van der Waals surface area contributed by atoms with Crippen LogP contribution in [0.5, 0.6) is 0 Å². The summed E-state index contributed by atoms with van der Waals surface area (Å²) in [6.07, 6.45) is 4.88. The van der Waals surface area contributed by atoms with Crippen LogP contribution in [0, 0.1) is 5.92 Å². The van der Waals surface area contributed by atoms with Crippen molar-refractivity contribution in [2.45, 2.75) is 57.2 Å².